The molecule has 1 aromatic heterocycles. The Kier molecular flexibility index (Phi) is 3.33. The van der Waals surface area contributed by atoms with E-state index in [1.807, 2.05) is 12.1 Å². The Morgan fingerprint density at radius 3 is 3.07 bits per heavy atom. The van der Waals surface area contributed by atoms with Crippen LogP contribution in [0.25, 0.3) is 0 Å². The minimum Gasteiger partial charge on any atom is -0.309 e. The van der Waals surface area contributed by atoms with Gasteiger partial charge in [0.25, 0.3) is 0 Å². The molecular formula is C10H12BrN3O. The fraction of sp³-hybridized carbons (Fsp3) is 0.400. The molecule has 1 aromatic rings. The number of rotatable bonds is 4. The number of nitrogens with zero attached hydrogens (tertiary/aromatic N) is 1. The van der Waals surface area contributed by atoms with Crippen molar-refractivity contribution in [1.29, 1.82) is 0 Å². The van der Waals surface area contributed by atoms with Gasteiger partial charge in [-0.3, -0.25) is 4.79 Å². The molecule has 80 valence electrons. The topological polar surface area (TPSA) is 54.0 Å². The quantitative estimate of drug-likeness (QED) is 0.872. The zero-order chi connectivity index (χ0) is 10.7. The number of pyridine rings is 1. The fourth-order valence-corrected chi connectivity index (χ4v) is 1.53. The largest absolute Gasteiger partial charge is 0.309 e. The lowest BCUT2D eigenvalue weighted by molar-refractivity contribution is -0.115. The molecule has 5 heteroatoms. The van der Waals surface area contributed by atoms with Crippen molar-refractivity contribution in [3.05, 3.63) is 22.8 Å². The average Bonchev–Trinajstić information content (AvgIpc) is 3.02. The molecule has 1 aliphatic rings. The fourth-order valence-electron chi connectivity index (χ4n) is 1.18. The molecule has 0 bridgehead atoms. The number of nitrogens with one attached hydrogen (secondary N) is 2. The average molecular weight is 270 g/mol. The van der Waals surface area contributed by atoms with Gasteiger partial charge in [0.1, 0.15) is 5.82 Å². The smallest absolute Gasteiger partial charge is 0.239 e. The Morgan fingerprint density at radius 1 is 1.60 bits per heavy atom. The van der Waals surface area contributed by atoms with E-state index in [4.69, 9.17) is 0 Å². The van der Waals surface area contributed by atoms with Crippen LogP contribution in [-0.4, -0.2) is 23.5 Å². The van der Waals surface area contributed by atoms with E-state index in [1.54, 1.807) is 6.20 Å². The number of carbonyl (C=O) groups excluding carboxylic acids is 1. The van der Waals surface area contributed by atoms with E-state index in [0.717, 1.165) is 4.47 Å². The van der Waals surface area contributed by atoms with Crippen LogP contribution >= 0.6 is 15.9 Å². The van der Waals surface area contributed by atoms with Crippen LogP contribution in [0.3, 0.4) is 0 Å². The van der Waals surface area contributed by atoms with Crippen LogP contribution in [0, 0.1) is 0 Å². The Bertz CT molecular complexity index is 365. The molecule has 2 rings (SSSR count). The highest BCUT2D eigenvalue weighted by Crippen LogP contribution is 2.19. The van der Waals surface area contributed by atoms with Crippen LogP contribution in [0.5, 0.6) is 0 Å². The van der Waals surface area contributed by atoms with Crippen molar-refractivity contribution in [2.45, 2.75) is 18.9 Å². The van der Waals surface area contributed by atoms with E-state index in [9.17, 15) is 4.79 Å². The van der Waals surface area contributed by atoms with Crippen molar-refractivity contribution < 1.29 is 4.79 Å². The minimum atomic E-state index is -0.0544. The normalized spacial score (nSPS) is 15.0. The Hall–Kier alpha value is -0.940. The second-order valence-electron chi connectivity index (χ2n) is 3.54. The molecule has 0 saturated heterocycles. The van der Waals surface area contributed by atoms with Gasteiger partial charge in [-0.25, -0.2) is 4.98 Å². The molecule has 15 heavy (non-hydrogen) atoms. The first kappa shape index (κ1) is 10.6. The third kappa shape index (κ3) is 3.28. The molecule has 0 radical (unpaired) electrons. The molecule has 1 aliphatic carbocycles. The first-order valence-corrected chi connectivity index (χ1v) is 5.69. The molecule has 0 atom stereocenters. The van der Waals surface area contributed by atoms with E-state index in [2.05, 4.69) is 31.5 Å². The minimum absolute atomic E-state index is 0.0544. The number of carbonyl (C=O) groups is 1. The van der Waals surface area contributed by atoms with Gasteiger partial charge >= 0.3 is 0 Å². The number of hydrogen-bond acceptors (Lipinski definition) is 3. The summed E-state index contributed by atoms with van der Waals surface area (Å²) >= 11 is 3.32. The van der Waals surface area contributed by atoms with Gasteiger partial charge in [0.05, 0.1) is 11.0 Å². The summed E-state index contributed by atoms with van der Waals surface area (Å²) in [5.74, 6) is 0.515. The first-order valence-electron chi connectivity index (χ1n) is 4.89. The first-order chi connectivity index (χ1) is 7.25. The van der Waals surface area contributed by atoms with Crippen LogP contribution < -0.4 is 10.6 Å². The van der Waals surface area contributed by atoms with Crippen molar-refractivity contribution in [3.8, 4) is 0 Å². The second-order valence-corrected chi connectivity index (χ2v) is 4.39. The van der Waals surface area contributed by atoms with Gasteiger partial charge in [0, 0.05) is 12.2 Å². The summed E-state index contributed by atoms with van der Waals surface area (Å²) in [6.07, 6.45) is 4.01. The highest BCUT2D eigenvalue weighted by Gasteiger charge is 2.21. The molecule has 2 N–H and O–H groups in total. The van der Waals surface area contributed by atoms with Crippen molar-refractivity contribution >= 4 is 27.7 Å². The molecular weight excluding hydrogens is 258 g/mol. The van der Waals surface area contributed by atoms with Gasteiger partial charge in [-0.1, -0.05) is 0 Å². The van der Waals surface area contributed by atoms with Gasteiger partial charge < -0.3 is 10.6 Å². The number of aromatic nitrogens is 1. The van der Waals surface area contributed by atoms with Crippen LogP contribution in [0.2, 0.25) is 0 Å². The van der Waals surface area contributed by atoms with Crippen molar-refractivity contribution in [2.24, 2.45) is 0 Å². The second kappa shape index (κ2) is 4.72. The predicted octanol–water partition coefficient (Wildman–Crippen LogP) is 1.53. The molecule has 1 fully saturated rings. The van der Waals surface area contributed by atoms with Crippen LogP contribution in [-0.2, 0) is 4.79 Å². The number of anilines is 1. The summed E-state index contributed by atoms with van der Waals surface area (Å²) in [4.78, 5) is 15.5. The molecule has 0 aliphatic heterocycles. The highest BCUT2D eigenvalue weighted by atomic mass is 79.9. The highest BCUT2D eigenvalue weighted by molar-refractivity contribution is 9.10. The molecule has 1 saturated carbocycles. The summed E-state index contributed by atoms with van der Waals surface area (Å²) < 4.78 is 0.796. The Balaban J connectivity index is 1.84. The SMILES string of the molecule is O=C(CNC1CC1)Nc1ncccc1Br. The van der Waals surface area contributed by atoms with E-state index >= 15 is 0 Å². The maximum Gasteiger partial charge on any atom is 0.239 e. The molecule has 1 heterocycles. The summed E-state index contributed by atoms with van der Waals surface area (Å²) in [5, 5.41) is 5.87. The standard InChI is InChI=1S/C10H12BrN3O/c11-8-2-1-5-12-10(8)14-9(15)6-13-7-3-4-7/h1-2,5,7,13H,3-4,6H2,(H,12,14,15). The maximum absolute atomic E-state index is 11.5. The molecule has 1 amide bonds. The van der Waals surface area contributed by atoms with Crippen LogP contribution in [0.4, 0.5) is 5.82 Å². The predicted molar refractivity (Wildman–Crippen MR) is 61.6 cm³/mol. The van der Waals surface area contributed by atoms with Crippen LogP contribution in [0.1, 0.15) is 12.8 Å². The maximum atomic E-state index is 11.5. The molecule has 4 nitrogen and oxygen atoms in total. The lowest BCUT2D eigenvalue weighted by Crippen LogP contribution is -2.29. The van der Waals surface area contributed by atoms with Crippen molar-refractivity contribution in [1.82, 2.24) is 10.3 Å². The van der Waals surface area contributed by atoms with Gasteiger partial charge in [0.15, 0.2) is 0 Å². The number of hydrogen-bond donors (Lipinski definition) is 2. The van der Waals surface area contributed by atoms with Gasteiger partial charge in [-0.05, 0) is 40.9 Å². The van der Waals surface area contributed by atoms with E-state index in [1.165, 1.54) is 12.8 Å². The molecule has 0 unspecified atom stereocenters. The van der Waals surface area contributed by atoms with Gasteiger partial charge in [-0.15, -0.1) is 0 Å². The lowest BCUT2D eigenvalue weighted by atomic mass is 10.4. The van der Waals surface area contributed by atoms with Gasteiger partial charge in [-0.2, -0.15) is 0 Å². The van der Waals surface area contributed by atoms with E-state index in [-0.39, 0.29) is 5.91 Å². The lowest BCUT2D eigenvalue weighted by Gasteiger charge is -2.06. The van der Waals surface area contributed by atoms with Crippen LogP contribution in [0.15, 0.2) is 22.8 Å². The van der Waals surface area contributed by atoms with Gasteiger partial charge in [0.2, 0.25) is 5.91 Å². The summed E-state index contributed by atoms with van der Waals surface area (Å²) in [5.41, 5.74) is 0. The van der Waals surface area contributed by atoms with Crippen molar-refractivity contribution in [2.75, 3.05) is 11.9 Å². The third-order valence-corrected chi connectivity index (χ3v) is 2.78. The Morgan fingerprint density at radius 2 is 2.40 bits per heavy atom. The summed E-state index contributed by atoms with van der Waals surface area (Å²) in [7, 11) is 0. The number of halogens is 1. The summed E-state index contributed by atoms with van der Waals surface area (Å²) in [6.45, 7) is 0.355. The van der Waals surface area contributed by atoms with E-state index in [0.29, 0.717) is 18.4 Å². The van der Waals surface area contributed by atoms with E-state index < -0.39 is 0 Å². The molecule has 0 aromatic carbocycles. The summed E-state index contributed by atoms with van der Waals surface area (Å²) in [6, 6.07) is 4.20. The Labute approximate surface area is 96.6 Å². The monoisotopic (exact) mass is 269 g/mol. The zero-order valence-corrected chi connectivity index (χ0v) is 9.75. The van der Waals surface area contributed by atoms with Crippen molar-refractivity contribution in [3.63, 3.8) is 0 Å². The zero-order valence-electron chi connectivity index (χ0n) is 8.16. The third-order valence-electron chi connectivity index (χ3n) is 2.14. The number of amides is 1. The molecule has 0 spiro atoms.